The van der Waals surface area contributed by atoms with Crippen LogP contribution < -0.4 is 20.6 Å². The summed E-state index contributed by atoms with van der Waals surface area (Å²) >= 11 is 0. The Morgan fingerprint density at radius 1 is 1.04 bits per heavy atom. The summed E-state index contributed by atoms with van der Waals surface area (Å²) in [7, 11) is 1.60. The first-order valence-electron chi connectivity index (χ1n) is 9.39. The van der Waals surface area contributed by atoms with E-state index in [1.54, 1.807) is 24.7 Å². The van der Waals surface area contributed by atoms with Crippen molar-refractivity contribution in [3.8, 4) is 11.5 Å². The predicted molar refractivity (Wildman–Crippen MR) is 103 cm³/mol. The van der Waals surface area contributed by atoms with Crippen molar-refractivity contribution >= 4 is 16.9 Å². The highest BCUT2D eigenvalue weighted by atomic mass is 16.5. The zero-order chi connectivity index (χ0) is 20.2. The van der Waals surface area contributed by atoms with E-state index in [9.17, 15) is 9.59 Å². The minimum absolute atomic E-state index is 0.329. The van der Waals surface area contributed by atoms with E-state index in [4.69, 9.17) is 23.8 Å². The fraction of sp³-hybridized carbons (Fsp3) is 0.500. The summed E-state index contributed by atoms with van der Waals surface area (Å²) in [5, 5.41) is 9.13. The summed E-state index contributed by atoms with van der Waals surface area (Å²) in [6.45, 7) is 1.37. The first kappa shape index (κ1) is 21.7. The summed E-state index contributed by atoms with van der Waals surface area (Å²) in [6.07, 6.45) is 4.76. The molecule has 154 valence electrons. The molecule has 1 aromatic heterocycles. The molecule has 0 saturated heterocycles. The van der Waals surface area contributed by atoms with Crippen molar-refractivity contribution in [2.24, 2.45) is 0 Å². The molecule has 28 heavy (non-hydrogen) atoms. The Morgan fingerprint density at radius 2 is 1.82 bits per heavy atom. The lowest BCUT2D eigenvalue weighted by atomic mass is 10.1. The molecular formula is C20H27NO7. The molecule has 0 aliphatic rings. The van der Waals surface area contributed by atoms with Crippen LogP contribution in [0.1, 0.15) is 38.5 Å². The van der Waals surface area contributed by atoms with Crippen LogP contribution in [0.3, 0.4) is 0 Å². The van der Waals surface area contributed by atoms with Gasteiger partial charge in [-0.1, -0.05) is 19.3 Å². The molecule has 0 radical (unpaired) electrons. The van der Waals surface area contributed by atoms with Crippen molar-refractivity contribution in [1.29, 1.82) is 0 Å². The second-order valence-corrected chi connectivity index (χ2v) is 6.33. The van der Waals surface area contributed by atoms with Gasteiger partial charge in [0.25, 0.3) is 0 Å². The van der Waals surface area contributed by atoms with Crippen LogP contribution in [-0.2, 0) is 9.53 Å². The lowest BCUT2D eigenvalue weighted by Crippen LogP contribution is -2.17. The van der Waals surface area contributed by atoms with Gasteiger partial charge in [-0.05, 0) is 25.0 Å². The SMILES string of the molecule is COCCOc1ccc2c(OCCCCCCCC(=O)NO)cc(=O)oc2c1. The van der Waals surface area contributed by atoms with Crippen LogP contribution in [0.25, 0.3) is 11.0 Å². The van der Waals surface area contributed by atoms with Crippen molar-refractivity contribution in [1.82, 2.24) is 5.48 Å². The quantitative estimate of drug-likeness (QED) is 0.233. The van der Waals surface area contributed by atoms with Gasteiger partial charge in [-0.3, -0.25) is 10.0 Å². The molecule has 1 amide bonds. The Hall–Kier alpha value is -2.58. The summed E-state index contributed by atoms with van der Waals surface area (Å²) in [6, 6.07) is 6.62. The maximum absolute atomic E-state index is 11.8. The van der Waals surface area contributed by atoms with E-state index in [1.165, 1.54) is 6.07 Å². The monoisotopic (exact) mass is 393 g/mol. The van der Waals surface area contributed by atoms with E-state index in [0.29, 0.717) is 48.7 Å². The third-order valence-corrected chi connectivity index (χ3v) is 4.16. The van der Waals surface area contributed by atoms with E-state index in [-0.39, 0.29) is 5.91 Å². The van der Waals surface area contributed by atoms with Gasteiger partial charge in [0, 0.05) is 19.6 Å². The molecule has 0 aliphatic carbocycles. The molecule has 2 N–H and O–H groups in total. The van der Waals surface area contributed by atoms with E-state index < -0.39 is 5.63 Å². The van der Waals surface area contributed by atoms with Gasteiger partial charge in [0.15, 0.2) is 0 Å². The molecule has 0 fully saturated rings. The molecule has 0 saturated carbocycles. The number of carbonyl (C=O) groups is 1. The number of rotatable bonds is 13. The average Bonchev–Trinajstić information content (AvgIpc) is 2.69. The van der Waals surface area contributed by atoms with Crippen molar-refractivity contribution in [3.63, 3.8) is 0 Å². The molecule has 2 rings (SSSR count). The van der Waals surface area contributed by atoms with Gasteiger partial charge in [-0.15, -0.1) is 0 Å². The first-order chi connectivity index (χ1) is 13.6. The Kier molecular flexibility index (Phi) is 9.30. The third-order valence-electron chi connectivity index (χ3n) is 4.16. The average molecular weight is 393 g/mol. The fourth-order valence-electron chi connectivity index (χ4n) is 2.72. The maximum atomic E-state index is 11.8. The van der Waals surface area contributed by atoms with Crippen LogP contribution in [0.4, 0.5) is 0 Å². The highest BCUT2D eigenvalue weighted by Gasteiger charge is 2.08. The van der Waals surface area contributed by atoms with Crippen LogP contribution in [0.15, 0.2) is 33.5 Å². The lowest BCUT2D eigenvalue weighted by molar-refractivity contribution is -0.129. The van der Waals surface area contributed by atoms with Gasteiger partial charge in [0.1, 0.15) is 23.7 Å². The molecule has 8 nitrogen and oxygen atoms in total. The van der Waals surface area contributed by atoms with Crippen LogP contribution in [0, 0.1) is 0 Å². The molecule has 0 aliphatic heterocycles. The number of fused-ring (bicyclic) bond motifs is 1. The molecule has 0 spiro atoms. The summed E-state index contributed by atoms with van der Waals surface area (Å²) in [4.78, 5) is 22.7. The number of ether oxygens (including phenoxy) is 3. The highest BCUT2D eigenvalue weighted by Crippen LogP contribution is 2.27. The van der Waals surface area contributed by atoms with Crippen molar-refractivity contribution in [2.45, 2.75) is 38.5 Å². The fourth-order valence-corrected chi connectivity index (χ4v) is 2.72. The van der Waals surface area contributed by atoms with E-state index in [1.807, 2.05) is 6.07 Å². The lowest BCUT2D eigenvalue weighted by Gasteiger charge is -2.10. The molecule has 0 atom stereocenters. The van der Waals surface area contributed by atoms with Gasteiger partial charge in [0.2, 0.25) is 5.91 Å². The molecule has 1 heterocycles. The van der Waals surface area contributed by atoms with Gasteiger partial charge in [0.05, 0.1) is 24.7 Å². The predicted octanol–water partition coefficient (Wildman–Crippen LogP) is 3.04. The Morgan fingerprint density at radius 3 is 2.61 bits per heavy atom. The van der Waals surface area contributed by atoms with Crippen molar-refractivity contribution < 1.29 is 28.6 Å². The molecule has 0 unspecified atom stereocenters. The molecule has 2 aromatic rings. The molecule has 1 aromatic carbocycles. The van der Waals surface area contributed by atoms with Crippen LogP contribution in [0.2, 0.25) is 0 Å². The molecule has 0 bridgehead atoms. The smallest absolute Gasteiger partial charge is 0.339 e. The first-order valence-corrected chi connectivity index (χ1v) is 9.39. The number of hydrogen-bond donors (Lipinski definition) is 2. The van der Waals surface area contributed by atoms with Gasteiger partial charge < -0.3 is 18.6 Å². The third kappa shape index (κ3) is 7.21. The van der Waals surface area contributed by atoms with E-state index >= 15 is 0 Å². The normalized spacial score (nSPS) is 10.8. The van der Waals surface area contributed by atoms with Crippen LogP contribution in [-0.4, -0.2) is 38.0 Å². The second-order valence-electron chi connectivity index (χ2n) is 6.33. The Bertz CT molecular complexity index is 803. The number of benzene rings is 1. The molecular weight excluding hydrogens is 366 g/mol. The molecule has 8 heteroatoms. The maximum Gasteiger partial charge on any atom is 0.339 e. The Labute approximate surface area is 163 Å². The Balaban J connectivity index is 1.82. The largest absolute Gasteiger partial charge is 0.493 e. The number of unbranched alkanes of at least 4 members (excludes halogenated alkanes) is 4. The van der Waals surface area contributed by atoms with Crippen LogP contribution in [0.5, 0.6) is 11.5 Å². The number of methoxy groups -OCH3 is 1. The minimum atomic E-state index is -0.473. The highest BCUT2D eigenvalue weighted by molar-refractivity contribution is 5.84. The van der Waals surface area contributed by atoms with Gasteiger partial charge in [-0.2, -0.15) is 0 Å². The summed E-state index contributed by atoms with van der Waals surface area (Å²) < 4.78 is 21.5. The number of nitrogens with one attached hydrogen (secondary N) is 1. The number of carbonyl (C=O) groups excluding carboxylic acids is 1. The standard InChI is InChI=1S/C20H27NO7/c1-25-11-12-26-15-8-9-16-17(14-20(23)28-18(16)13-15)27-10-6-4-2-3-5-7-19(22)21-24/h8-9,13-14,24H,2-7,10-12H2,1H3,(H,21,22). The number of amides is 1. The van der Waals surface area contributed by atoms with Crippen molar-refractivity contribution in [3.05, 3.63) is 34.7 Å². The number of hydrogen-bond acceptors (Lipinski definition) is 7. The van der Waals surface area contributed by atoms with E-state index in [2.05, 4.69) is 0 Å². The van der Waals surface area contributed by atoms with E-state index in [0.717, 1.165) is 32.1 Å². The van der Waals surface area contributed by atoms with Crippen molar-refractivity contribution in [2.75, 3.05) is 26.9 Å². The van der Waals surface area contributed by atoms with Gasteiger partial charge in [-0.25, -0.2) is 10.3 Å². The minimum Gasteiger partial charge on any atom is -0.493 e. The van der Waals surface area contributed by atoms with Crippen LogP contribution >= 0.6 is 0 Å². The topological polar surface area (TPSA) is 107 Å². The zero-order valence-electron chi connectivity index (χ0n) is 16.1. The summed E-state index contributed by atoms with van der Waals surface area (Å²) in [5.74, 6) is 0.736. The zero-order valence-corrected chi connectivity index (χ0v) is 16.1. The summed E-state index contributed by atoms with van der Waals surface area (Å²) in [5.41, 5.74) is 1.57. The second kappa shape index (κ2) is 12.0. The van der Waals surface area contributed by atoms with Gasteiger partial charge >= 0.3 is 5.63 Å². The number of hydroxylamine groups is 1.